The molecule has 2 saturated carbocycles. The molecule has 0 aromatic heterocycles. The van der Waals surface area contributed by atoms with E-state index in [1.165, 1.54) is 74.0 Å². The van der Waals surface area contributed by atoms with Crippen molar-refractivity contribution in [2.75, 3.05) is 10.2 Å². The minimum atomic E-state index is 0.131. The first-order chi connectivity index (χ1) is 25.7. The molecule has 0 heterocycles. The molecule has 4 aromatic rings. The maximum Gasteiger partial charge on any atom is 0.0522 e. The normalized spacial score (nSPS) is 32.4. The van der Waals surface area contributed by atoms with Gasteiger partial charge in [-0.15, -0.1) is 0 Å². The molecule has 0 amide bonds. The number of rotatable bonds is 6. The number of anilines is 4. The van der Waals surface area contributed by atoms with Gasteiger partial charge in [-0.3, -0.25) is 0 Å². The minimum Gasteiger partial charge on any atom is -0.356 e. The number of nitrogens with zero attached hydrogens (tertiary/aromatic N) is 1. The molecule has 0 bridgehead atoms. The van der Waals surface area contributed by atoms with Crippen LogP contribution in [-0.4, -0.2) is 6.04 Å². The fourth-order valence-electron chi connectivity index (χ4n) is 12.6. The van der Waals surface area contributed by atoms with E-state index in [0.717, 1.165) is 12.1 Å². The lowest BCUT2D eigenvalue weighted by molar-refractivity contribution is 0.0755. The van der Waals surface area contributed by atoms with E-state index in [1.54, 1.807) is 16.7 Å². The molecule has 0 radical (unpaired) electrons. The molecule has 0 aliphatic heterocycles. The summed E-state index contributed by atoms with van der Waals surface area (Å²) in [7, 11) is 0. The molecule has 2 heteroatoms. The Morgan fingerprint density at radius 2 is 1.46 bits per heavy atom. The molecule has 4 aromatic carbocycles. The number of benzene rings is 4. The summed E-state index contributed by atoms with van der Waals surface area (Å²) in [6.07, 6.45) is 28.9. The first-order valence-electron chi connectivity index (χ1n) is 20.3. The van der Waals surface area contributed by atoms with E-state index in [1.807, 2.05) is 0 Å². The Morgan fingerprint density at radius 1 is 0.673 bits per heavy atom. The highest BCUT2D eigenvalue weighted by molar-refractivity contribution is 5.75. The SMILES string of the molecule is CC12CCCCC1C1(c3cc(Nc4ccccc4)ccc32)C2C=CC=CC2C2C(c3ccc(N(c4ccccc4)C4C=CCCC4)cc3)=CCCC21. The van der Waals surface area contributed by atoms with Gasteiger partial charge in [-0.1, -0.05) is 117 Å². The largest absolute Gasteiger partial charge is 0.356 e. The Bertz CT molecular complexity index is 2050. The first-order valence-corrected chi connectivity index (χ1v) is 20.3. The lowest BCUT2D eigenvalue weighted by Gasteiger charge is -2.50. The van der Waals surface area contributed by atoms with Crippen LogP contribution in [0.5, 0.6) is 0 Å². The highest BCUT2D eigenvalue weighted by Gasteiger charge is 2.70. The van der Waals surface area contributed by atoms with Crippen LogP contribution in [0.1, 0.15) is 81.4 Å². The van der Waals surface area contributed by atoms with Crippen LogP contribution in [0.2, 0.25) is 0 Å². The first kappa shape index (κ1) is 32.1. The molecule has 1 spiro atoms. The number of fused-ring (bicyclic) bond motifs is 10. The van der Waals surface area contributed by atoms with Crippen LogP contribution < -0.4 is 10.2 Å². The highest BCUT2D eigenvalue weighted by Crippen LogP contribution is 2.74. The average Bonchev–Trinajstić information content (AvgIpc) is 3.63. The van der Waals surface area contributed by atoms with Crippen LogP contribution in [0.15, 0.2) is 146 Å². The number of para-hydroxylation sites is 2. The van der Waals surface area contributed by atoms with Crippen molar-refractivity contribution >= 4 is 28.3 Å². The molecule has 1 N–H and O–H groups in total. The molecule has 2 nitrogen and oxygen atoms in total. The van der Waals surface area contributed by atoms with Gasteiger partial charge in [0.25, 0.3) is 0 Å². The summed E-state index contributed by atoms with van der Waals surface area (Å²) in [4.78, 5) is 2.56. The Hall–Kier alpha value is -4.56. The Balaban J connectivity index is 1.06. The minimum absolute atomic E-state index is 0.131. The monoisotopic (exact) mass is 680 g/mol. The van der Waals surface area contributed by atoms with Gasteiger partial charge in [0.05, 0.1) is 6.04 Å². The molecule has 2 fully saturated rings. The Morgan fingerprint density at radius 3 is 2.27 bits per heavy atom. The predicted octanol–water partition coefficient (Wildman–Crippen LogP) is 12.9. The number of nitrogens with one attached hydrogen (secondary N) is 1. The third-order valence-electron chi connectivity index (χ3n) is 14.4. The lowest BCUT2D eigenvalue weighted by Crippen LogP contribution is -2.48. The van der Waals surface area contributed by atoms with Gasteiger partial charge >= 0.3 is 0 Å². The summed E-state index contributed by atoms with van der Waals surface area (Å²) in [6, 6.07) is 39.4. The standard InChI is InChI=1S/C50H52N2/c1-49-33-14-13-26-47(49)50(46-34-37(29-32-44(46)49)51-36-16-5-2-6-17-36)43-24-12-11-22-42(43)48-41(23-15-25-45(48)50)35-27-30-40(31-28-35)52(38-18-7-3-8-19-38)39-20-9-4-10-21-39/h2-3,5-9,11-12,16-20,22-24,27-32,34,39,42-43,45,47-48,51H,4,10,13-15,21,25-26,33H2,1H3. The molecule has 6 aliphatic rings. The van der Waals surface area contributed by atoms with E-state index >= 15 is 0 Å². The van der Waals surface area contributed by atoms with E-state index in [2.05, 4.69) is 163 Å². The topological polar surface area (TPSA) is 15.3 Å². The van der Waals surface area contributed by atoms with Gasteiger partial charge in [0.1, 0.15) is 0 Å². The number of hydrogen-bond donors (Lipinski definition) is 1. The van der Waals surface area contributed by atoms with Crippen molar-refractivity contribution in [3.05, 3.63) is 162 Å². The van der Waals surface area contributed by atoms with Crippen LogP contribution >= 0.6 is 0 Å². The summed E-state index contributed by atoms with van der Waals surface area (Å²) >= 11 is 0. The Kier molecular flexibility index (Phi) is 7.93. The van der Waals surface area contributed by atoms with Gasteiger partial charge in [0, 0.05) is 28.2 Å². The molecule has 262 valence electrons. The molecule has 0 saturated heterocycles. The highest BCUT2D eigenvalue weighted by atomic mass is 15.2. The van der Waals surface area contributed by atoms with Crippen LogP contribution in [0.3, 0.4) is 0 Å². The predicted molar refractivity (Wildman–Crippen MR) is 218 cm³/mol. The second kappa shape index (κ2) is 12.8. The van der Waals surface area contributed by atoms with Gasteiger partial charge in [0.2, 0.25) is 0 Å². The van der Waals surface area contributed by atoms with Crippen LogP contribution in [0.4, 0.5) is 22.7 Å². The number of allylic oxidation sites excluding steroid dienone is 7. The van der Waals surface area contributed by atoms with E-state index < -0.39 is 0 Å². The zero-order valence-electron chi connectivity index (χ0n) is 30.6. The van der Waals surface area contributed by atoms with E-state index in [9.17, 15) is 0 Å². The van der Waals surface area contributed by atoms with Gasteiger partial charge in [0.15, 0.2) is 0 Å². The zero-order valence-corrected chi connectivity index (χ0v) is 30.6. The summed E-state index contributed by atoms with van der Waals surface area (Å²) in [6.45, 7) is 2.65. The maximum absolute atomic E-state index is 3.81. The molecule has 8 unspecified atom stereocenters. The quantitative estimate of drug-likeness (QED) is 0.204. The van der Waals surface area contributed by atoms with Crippen LogP contribution in [0, 0.1) is 29.6 Å². The molecular weight excluding hydrogens is 629 g/mol. The summed E-state index contributed by atoms with van der Waals surface area (Å²) in [5, 5.41) is 3.81. The van der Waals surface area contributed by atoms with E-state index in [-0.39, 0.29) is 10.8 Å². The zero-order chi connectivity index (χ0) is 34.7. The summed E-state index contributed by atoms with van der Waals surface area (Å²) in [5.41, 5.74) is 11.7. The van der Waals surface area contributed by atoms with Gasteiger partial charge in [-0.2, -0.15) is 0 Å². The van der Waals surface area contributed by atoms with Crippen molar-refractivity contribution in [2.24, 2.45) is 29.6 Å². The van der Waals surface area contributed by atoms with Crippen LogP contribution in [0.25, 0.3) is 5.57 Å². The van der Waals surface area contributed by atoms with Crippen molar-refractivity contribution in [1.82, 2.24) is 0 Å². The van der Waals surface area contributed by atoms with Crippen molar-refractivity contribution in [2.45, 2.75) is 81.6 Å². The van der Waals surface area contributed by atoms with E-state index in [0.29, 0.717) is 35.6 Å². The average molecular weight is 681 g/mol. The van der Waals surface area contributed by atoms with Gasteiger partial charge in [-0.05, 0) is 151 Å². The van der Waals surface area contributed by atoms with Crippen molar-refractivity contribution < 1.29 is 0 Å². The van der Waals surface area contributed by atoms with Gasteiger partial charge < -0.3 is 10.2 Å². The summed E-state index contributed by atoms with van der Waals surface area (Å²) < 4.78 is 0. The lowest BCUT2D eigenvalue weighted by atomic mass is 9.53. The van der Waals surface area contributed by atoms with Crippen LogP contribution in [-0.2, 0) is 10.8 Å². The second-order valence-corrected chi connectivity index (χ2v) is 16.8. The van der Waals surface area contributed by atoms with Crippen molar-refractivity contribution in [3.8, 4) is 0 Å². The fraction of sp³-hybridized carbons (Fsp3) is 0.360. The molecular formula is C50H52N2. The molecule has 8 atom stereocenters. The van der Waals surface area contributed by atoms with E-state index in [4.69, 9.17) is 0 Å². The third-order valence-corrected chi connectivity index (χ3v) is 14.4. The molecule has 6 aliphatic carbocycles. The third kappa shape index (κ3) is 4.89. The van der Waals surface area contributed by atoms with Crippen molar-refractivity contribution in [3.63, 3.8) is 0 Å². The van der Waals surface area contributed by atoms with Gasteiger partial charge in [-0.25, -0.2) is 0 Å². The Labute approximate surface area is 311 Å². The summed E-state index contributed by atoms with van der Waals surface area (Å²) in [5.74, 6) is 2.81. The van der Waals surface area contributed by atoms with Crippen molar-refractivity contribution in [1.29, 1.82) is 0 Å². The molecule has 52 heavy (non-hydrogen) atoms. The second-order valence-electron chi connectivity index (χ2n) is 16.8. The number of hydrogen-bond acceptors (Lipinski definition) is 2. The fourth-order valence-corrected chi connectivity index (χ4v) is 12.6. The smallest absolute Gasteiger partial charge is 0.0522 e. The maximum atomic E-state index is 3.81. The molecule has 10 rings (SSSR count).